The molecule has 0 radical (unpaired) electrons. The highest BCUT2D eigenvalue weighted by atomic mass is 79.9. The Morgan fingerprint density at radius 2 is 1.63 bits per heavy atom. The van der Waals surface area contributed by atoms with Gasteiger partial charge in [0, 0.05) is 11.6 Å². The molecule has 0 saturated carbocycles. The Kier molecular flexibility index (Phi) is 7.75. The zero-order valence-electron chi connectivity index (χ0n) is 10.1. The van der Waals surface area contributed by atoms with Gasteiger partial charge in [0.05, 0.1) is 0 Å². The van der Waals surface area contributed by atoms with Gasteiger partial charge in [0.1, 0.15) is 0 Å². The van der Waals surface area contributed by atoms with Crippen LogP contribution < -0.4 is 5.73 Å². The number of nitrogens with two attached hydrogens (primary N) is 1. The van der Waals surface area contributed by atoms with Gasteiger partial charge in [-0.05, 0) is 30.2 Å². The number of ketones is 2. The van der Waals surface area contributed by atoms with Crippen molar-refractivity contribution >= 4 is 45.5 Å². The first-order chi connectivity index (χ1) is 8.16. The van der Waals surface area contributed by atoms with Gasteiger partial charge in [-0.2, -0.15) is 0 Å². The summed E-state index contributed by atoms with van der Waals surface area (Å²) in [5, 5.41) is 0. The highest BCUT2D eigenvalue weighted by Gasteiger charge is 2.19. The van der Waals surface area contributed by atoms with Crippen LogP contribution >= 0.6 is 34.0 Å². The number of hydrogen-bond donors (Lipinski definition) is 1. The Hall–Kier alpha value is -1.04. The molecule has 0 spiro atoms. The van der Waals surface area contributed by atoms with Crippen LogP contribution in [0.5, 0.6) is 0 Å². The van der Waals surface area contributed by atoms with Crippen LogP contribution in [0.4, 0.5) is 0 Å². The number of halogens is 2. The fraction of sp³-hybridized carbons (Fsp3) is 0.143. The molecule has 3 nitrogen and oxygen atoms in total. The Morgan fingerprint density at radius 3 is 2.26 bits per heavy atom. The molecule has 1 aliphatic rings. The maximum atomic E-state index is 11.6. The highest BCUT2D eigenvalue weighted by molar-refractivity contribution is 8.93. The van der Waals surface area contributed by atoms with Crippen molar-refractivity contribution in [2.24, 2.45) is 5.73 Å². The summed E-state index contributed by atoms with van der Waals surface area (Å²) < 4.78 is 0. The molecule has 1 aromatic carbocycles. The summed E-state index contributed by atoms with van der Waals surface area (Å²) >= 11 is 0. The van der Waals surface area contributed by atoms with Gasteiger partial charge in [-0.3, -0.25) is 9.59 Å². The second-order valence-corrected chi connectivity index (χ2v) is 4.00. The molecule has 1 atom stereocenters. The third-order valence-electron chi connectivity index (χ3n) is 2.68. The first kappa shape index (κ1) is 18.0. The van der Waals surface area contributed by atoms with E-state index in [1.165, 1.54) is 18.2 Å². The third kappa shape index (κ3) is 4.86. The number of carbonyl (C=O) groups is 2. The average molecular weight is 389 g/mol. The zero-order chi connectivity index (χ0) is 12.3. The maximum absolute atomic E-state index is 11.6. The standard InChI is InChI=1S/C14H13NO2.2BrH/c15-13(8-10-4-2-1-3-5-10)12-9-11(16)6-7-14(12)17;;/h1-7,9,13H,8,15H2;2*1H. The van der Waals surface area contributed by atoms with Gasteiger partial charge in [-0.1, -0.05) is 30.3 Å². The van der Waals surface area contributed by atoms with Crippen molar-refractivity contribution in [1.29, 1.82) is 0 Å². The maximum Gasteiger partial charge on any atom is 0.183 e. The van der Waals surface area contributed by atoms with Crippen molar-refractivity contribution in [2.75, 3.05) is 0 Å². The van der Waals surface area contributed by atoms with Crippen LogP contribution in [0.1, 0.15) is 5.56 Å². The van der Waals surface area contributed by atoms with Gasteiger partial charge in [0.25, 0.3) is 0 Å². The average Bonchev–Trinajstić information content (AvgIpc) is 2.33. The number of rotatable bonds is 3. The van der Waals surface area contributed by atoms with Gasteiger partial charge in [-0.25, -0.2) is 0 Å². The molecule has 1 aliphatic carbocycles. The van der Waals surface area contributed by atoms with Crippen LogP contribution in [0, 0.1) is 0 Å². The molecule has 19 heavy (non-hydrogen) atoms. The highest BCUT2D eigenvalue weighted by Crippen LogP contribution is 2.13. The minimum atomic E-state index is -0.432. The lowest BCUT2D eigenvalue weighted by Crippen LogP contribution is -2.30. The quantitative estimate of drug-likeness (QED) is 0.808. The Morgan fingerprint density at radius 1 is 1.00 bits per heavy atom. The van der Waals surface area contributed by atoms with E-state index >= 15 is 0 Å². The Balaban J connectivity index is 0.00000162. The molecular weight excluding hydrogens is 374 g/mol. The molecule has 2 rings (SSSR count). The van der Waals surface area contributed by atoms with Crippen molar-refractivity contribution in [3.63, 3.8) is 0 Å². The lowest BCUT2D eigenvalue weighted by molar-refractivity contribution is -0.114. The third-order valence-corrected chi connectivity index (χ3v) is 2.68. The minimum Gasteiger partial charge on any atom is -0.324 e. The van der Waals surface area contributed by atoms with Gasteiger partial charge in [-0.15, -0.1) is 34.0 Å². The van der Waals surface area contributed by atoms with Crippen molar-refractivity contribution in [3.05, 3.63) is 59.7 Å². The zero-order valence-corrected chi connectivity index (χ0v) is 13.5. The fourth-order valence-corrected chi connectivity index (χ4v) is 1.79. The van der Waals surface area contributed by atoms with Crippen LogP contribution in [-0.2, 0) is 16.0 Å². The second kappa shape index (κ2) is 8.19. The topological polar surface area (TPSA) is 60.2 Å². The summed E-state index contributed by atoms with van der Waals surface area (Å²) in [5.74, 6) is -0.351. The van der Waals surface area contributed by atoms with Crippen molar-refractivity contribution < 1.29 is 9.59 Å². The molecule has 0 saturated heterocycles. The van der Waals surface area contributed by atoms with Crippen molar-refractivity contribution in [2.45, 2.75) is 12.5 Å². The van der Waals surface area contributed by atoms with E-state index in [0.29, 0.717) is 12.0 Å². The van der Waals surface area contributed by atoms with Gasteiger partial charge in [0.2, 0.25) is 0 Å². The van der Waals surface area contributed by atoms with Crippen LogP contribution in [0.3, 0.4) is 0 Å². The molecule has 1 unspecified atom stereocenters. The number of carbonyl (C=O) groups excluding carboxylic acids is 2. The smallest absolute Gasteiger partial charge is 0.183 e. The van der Waals surface area contributed by atoms with Crippen LogP contribution in [0.15, 0.2) is 54.1 Å². The normalized spacial score (nSPS) is 15.1. The van der Waals surface area contributed by atoms with Crippen LogP contribution in [-0.4, -0.2) is 17.6 Å². The molecule has 0 aliphatic heterocycles. The minimum absolute atomic E-state index is 0. The Bertz CT molecular complexity index is 509. The number of benzene rings is 1. The van der Waals surface area contributed by atoms with Crippen molar-refractivity contribution in [3.8, 4) is 0 Å². The number of hydrogen-bond acceptors (Lipinski definition) is 3. The second-order valence-electron chi connectivity index (χ2n) is 4.00. The molecule has 2 N–H and O–H groups in total. The van der Waals surface area contributed by atoms with Gasteiger partial charge >= 0.3 is 0 Å². The molecule has 0 amide bonds. The largest absolute Gasteiger partial charge is 0.324 e. The van der Waals surface area contributed by atoms with E-state index in [4.69, 9.17) is 5.73 Å². The fourth-order valence-electron chi connectivity index (χ4n) is 1.79. The summed E-state index contributed by atoms with van der Waals surface area (Å²) in [4.78, 5) is 22.8. The van der Waals surface area contributed by atoms with Gasteiger partial charge in [0.15, 0.2) is 11.6 Å². The predicted octanol–water partition coefficient (Wildman–Crippen LogP) is 2.35. The predicted molar refractivity (Wildman–Crippen MR) is 86.0 cm³/mol. The first-order valence-corrected chi connectivity index (χ1v) is 5.44. The summed E-state index contributed by atoms with van der Waals surface area (Å²) in [6, 6.07) is 9.23. The molecular formula is C14H15Br2NO2. The lowest BCUT2D eigenvalue weighted by Gasteiger charge is -2.15. The van der Waals surface area contributed by atoms with E-state index in [-0.39, 0.29) is 45.5 Å². The van der Waals surface area contributed by atoms with Crippen molar-refractivity contribution in [1.82, 2.24) is 0 Å². The van der Waals surface area contributed by atoms with Crippen LogP contribution in [0.2, 0.25) is 0 Å². The summed E-state index contributed by atoms with van der Waals surface area (Å²) in [5.41, 5.74) is 7.40. The molecule has 0 fully saturated rings. The van der Waals surface area contributed by atoms with Gasteiger partial charge < -0.3 is 5.73 Å². The monoisotopic (exact) mass is 387 g/mol. The lowest BCUT2D eigenvalue weighted by atomic mass is 9.93. The molecule has 5 heteroatoms. The molecule has 1 aromatic rings. The molecule has 0 aromatic heterocycles. The van der Waals surface area contributed by atoms with E-state index in [0.717, 1.165) is 5.56 Å². The summed E-state index contributed by atoms with van der Waals surface area (Å²) in [6.45, 7) is 0. The van der Waals surface area contributed by atoms with E-state index in [1.54, 1.807) is 0 Å². The molecule has 102 valence electrons. The SMILES string of the molecule is Br.Br.NC(Cc1ccccc1)C1=CC(=O)C=CC1=O. The summed E-state index contributed by atoms with van der Waals surface area (Å²) in [6.07, 6.45) is 4.43. The van der Waals surface area contributed by atoms with E-state index < -0.39 is 6.04 Å². The molecule has 0 heterocycles. The molecule has 0 bridgehead atoms. The van der Waals surface area contributed by atoms with E-state index in [9.17, 15) is 9.59 Å². The van der Waals surface area contributed by atoms with Crippen LogP contribution in [0.25, 0.3) is 0 Å². The summed E-state index contributed by atoms with van der Waals surface area (Å²) in [7, 11) is 0. The van der Waals surface area contributed by atoms with E-state index in [2.05, 4.69) is 0 Å². The van der Waals surface area contributed by atoms with E-state index in [1.807, 2.05) is 30.3 Å². The Labute approximate surface area is 133 Å². The number of allylic oxidation sites excluding steroid dienone is 3. The first-order valence-electron chi connectivity index (χ1n) is 5.44.